The molecule has 3 nitrogen and oxygen atoms in total. The second-order valence-electron chi connectivity index (χ2n) is 3.66. The summed E-state index contributed by atoms with van der Waals surface area (Å²) in [5.74, 6) is -0.631. The van der Waals surface area contributed by atoms with Gasteiger partial charge in [0, 0.05) is 6.61 Å². The molecule has 0 aromatic carbocycles. The number of rotatable bonds is 3. The van der Waals surface area contributed by atoms with Crippen molar-refractivity contribution in [3.63, 3.8) is 0 Å². The zero-order valence-corrected chi connectivity index (χ0v) is 7.36. The van der Waals surface area contributed by atoms with Crippen LogP contribution in [0, 0.1) is 17.8 Å². The average Bonchev–Trinajstić information content (AvgIpc) is 2.49. The molecule has 1 rings (SSSR count). The van der Waals surface area contributed by atoms with E-state index in [0.717, 1.165) is 19.3 Å². The molecule has 3 heteroatoms. The maximum Gasteiger partial charge on any atom is 0.306 e. The summed E-state index contributed by atoms with van der Waals surface area (Å²) in [6.07, 6.45) is 3.00. The SMILES string of the molecule is CC(C(=O)O)C1CCCC1CO. The third kappa shape index (κ3) is 1.78. The van der Waals surface area contributed by atoms with Crippen LogP contribution in [0.25, 0.3) is 0 Å². The maximum absolute atomic E-state index is 10.7. The Labute approximate surface area is 72.4 Å². The second kappa shape index (κ2) is 3.90. The minimum absolute atomic E-state index is 0.141. The minimum atomic E-state index is -0.736. The maximum atomic E-state index is 10.7. The summed E-state index contributed by atoms with van der Waals surface area (Å²) >= 11 is 0. The second-order valence-corrected chi connectivity index (χ2v) is 3.66. The number of aliphatic hydroxyl groups is 1. The highest BCUT2D eigenvalue weighted by molar-refractivity contribution is 5.69. The molecule has 1 aliphatic carbocycles. The lowest BCUT2D eigenvalue weighted by Gasteiger charge is -2.20. The summed E-state index contributed by atoms with van der Waals surface area (Å²) in [4.78, 5) is 10.7. The lowest BCUT2D eigenvalue weighted by atomic mass is 9.85. The van der Waals surface area contributed by atoms with Crippen molar-refractivity contribution >= 4 is 5.97 Å². The molecule has 0 aromatic rings. The van der Waals surface area contributed by atoms with Gasteiger partial charge < -0.3 is 10.2 Å². The Morgan fingerprint density at radius 1 is 1.58 bits per heavy atom. The van der Waals surface area contributed by atoms with E-state index in [4.69, 9.17) is 10.2 Å². The number of carboxylic acids is 1. The first-order chi connectivity index (χ1) is 5.66. The highest BCUT2D eigenvalue weighted by Crippen LogP contribution is 2.36. The third-order valence-electron chi connectivity index (χ3n) is 2.98. The predicted molar refractivity (Wildman–Crippen MR) is 44.7 cm³/mol. The van der Waals surface area contributed by atoms with Crippen LogP contribution in [0.5, 0.6) is 0 Å². The van der Waals surface area contributed by atoms with Crippen molar-refractivity contribution < 1.29 is 15.0 Å². The van der Waals surface area contributed by atoms with E-state index in [-0.39, 0.29) is 24.4 Å². The molecule has 0 radical (unpaired) electrons. The van der Waals surface area contributed by atoms with Crippen LogP contribution in [0.2, 0.25) is 0 Å². The van der Waals surface area contributed by atoms with Crippen molar-refractivity contribution in [3.05, 3.63) is 0 Å². The highest BCUT2D eigenvalue weighted by Gasteiger charge is 2.34. The van der Waals surface area contributed by atoms with E-state index in [9.17, 15) is 4.79 Å². The van der Waals surface area contributed by atoms with Gasteiger partial charge in [-0.3, -0.25) is 4.79 Å². The van der Waals surface area contributed by atoms with Gasteiger partial charge in [0.25, 0.3) is 0 Å². The molecular weight excluding hydrogens is 156 g/mol. The molecule has 1 saturated carbocycles. The number of carbonyl (C=O) groups is 1. The monoisotopic (exact) mass is 172 g/mol. The summed E-state index contributed by atoms with van der Waals surface area (Å²) in [6.45, 7) is 1.88. The highest BCUT2D eigenvalue weighted by atomic mass is 16.4. The molecule has 0 saturated heterocycles. The Balaban J connectivity index is 2.55. The molecule has 2 N–H and O–H groups in total. The summed E-state index contributed by atoms with van der Waals surface area (Å²) in [7, 11) is 0. The zero-order valence-electron chi connectivity index (χ0n) is 7.36. The van der Waals surface area contributed by atoms with Crippen LogP contribution in [0.3, 0.4) is 0 Å². The van der Waals surface area contributed by atoms with Crippen LogP contribution < -0.4 is 0 Å². The smallest absolute Gasteiger partial charge is 0.306 e. The van der Waals surface area contributed by atoms with Crippen LogP contribution in [0.1, 0.15) is 26.2 Å². The Morgan fingerprint density at radius 3 is 2.75 bits per heavy atom. The van der Waals surface area contributed by atoms with E-state index in [1.807, 2.05) is 0 Å². The Morgan fingerprint density at radius 2 is 2.25 bits per heavy atom. The van der Waals surface area contributed by atoms with Gasteiger partial charge in [-0.1, -0.05) is 13.3 Å². The Kier molecular flexibility index (Phi) is 3.09. The number of hydrogen-bond donors (Lipinski definition) is 2. The van der Waals surface area contributed by atoms with E-state index in [2.05, 4.69) is 0 Å². The minimum Gasteiger partial charge on any atom is -0.481 e. The molecule has 3 atom stereocenters. The van der Waals surface area contributed by atoms with E-state index >= 15 is 0 Å². The number of hydrogen-bond acceptors (Lipinski definition) is 2. The first-order valence-electron chi connectivity index (χ1n) is 4.50. The fraction of sp³-hybridized carbons (Fsp3) is 0.889. The lowest BCUT2D eigenvalue weighted by molar-refractivity contribution is -0.143. The molecule has 0 amide bonds. The largest absolute Gasteiger partial charge is 0.481 e. The lowest BCUT2D eigenvalue weighted by Crippen LogP contribution is -2.25. The quantitative estimate of drug-likeness (QED) is 0.670. The van der Waals surface area contributed by atoms with Gasteiger partial charge in [-0.15, -0.1) is 0 Å². The number of aliphatic hydroxyl groups excluding tert-OH is 1. The van der Waals surface area contributed by atoms with Gasteiger partial charge in [-0.05, 0) is 24.7 Å². The Bertz CT molecular complexity index is 167. The van der Waals surface area contributed by atoms with Crippen molar-refractivity contribution in [2.75, 3.05) is 6.61 Å². The number of aliphatic carboxylic acids is 1. The van der Waals surface area contributed by atoms with Gasteiger partial charge in [0.1, 0.15) is 0 Å². The third-order valence-corrected chi connectivity index (χ3v) is 2.98. The van der Waals surface area contributed by atoms with Crippen molar-refractivity contribution in [3.8, 4) is 0 Å². The zero-order chi connectivity index (χ0) is 9.14. The first kappa shape index (κ1) is 9.52. The van der Waals surface area contributed by atoms with Gasteiger partial charge >= 0.3 is 5.97 Å². The molecule has 12 heavy (non-hydrogen) atoms. The van der Waals surface area contributed by atoms with Crippen LogP contribution in [-0.4, -0.2) is 22.8 Å². The van der Waals surface area contributed by atoms with E-state index in [1.165, 1.54) is 0 Å². The molecule has 0 aromatic heterocycles. The molecule has 0 aliphatic heterocycles. The molecule has 0 bridgehead atoms. The topological polar surface area (TPSA) is 57.5 Å². The predicted octanol–water partition coefficient (Wildman–Crippen LogP) is 1.12. The van der Waals surface area contributed by atoms with Crippen LogP contribution in [0.4, 0.5) is 0 Å². The summed E-state index contributed by atoms with van der Waals surface area (Å²) in [5, 5.41) is 17.7. The van der Waals surface area contributed by atoms with Gasteiger partial charge in [0.15, 0.2) is 0 Å². The first-order valence-corrected chi connectivity index (χ1v) is 4.50. The van der Waals surface area contributed by atoms with E-state index in [1.54, 1.807) is 6.92 Å². The van der Waals surface area contributed by atoms with E-state index in [0.29, 0.717) is 0 Å². The average molecular weight is 172 g/mol. The van der Waals surface area contributed by atoms with Crippen molar-refractivity contribution in [2.45, 2.75) is 26.2 Å². The van der Waals surface area contributed by atoms with Gasteiger partial charge in [0.2, 0.25) is 0 Å². The molecule has 0 spiro atoms. The van der Waals surface area contributed by atoms with Gasteiger partial charge in [-0.2, -0.15) is 0 Å². The molecule has 70 valence electrons. The van der Waals surface area contributed by atoms with Gasteiger partial charge in [0.05, 0.1) is 5.92 Å². The normalized spacial score (nSPS) is 31.8. The molecule has 0 heterocycles. The van der Waals surface area contributed by atoms with Crippen LogP contribution in [-0.2, 0) is 4.79 Å². The van der Waals surface area contributed by atoms with Crippen LogP contribution >= 0.6 is 0 Å². The van der Waals surface area contributed by atoms with Gasteiger partial charge in [-0.25, -0.2) is 0 Å². The van der Waals surface area contributed by atoms with Crippen molar-refractivity contribution in [1.29, 1.82) is 0 Å². The van der Waals surface area contributed by atoms with Crippen LogP contribution in [0.15, 0.2) is 0 Å². The molecule has 1 fully saturated rings. The summed E-state index contributed by atoms with van der Waals surface area (Å²) in [5.41, 5.74) is 0. The molecular formula is C9H16O3. The van der Waals surface area contributed by atoms with Crippen molar-refractivity contribution in [1.82, 2.24) is 0 Å². The molecule has 1 aliphatic rings. The standard InChI is InChI=1S/C9H16O3/c1-6(9(11)12)8-4-2-3-7(8)5-10/h6-8,10H,2-5H2,1H3,(H,11,12). The summed E-state index contributed by atoms with van der Waals surface area (Å²) < 4.78 is 0. The van der Waals surface area contributed by atoms with E-state index < -0.39 is 5.97 Å². The fourth-order valence-corrected chi connectivity index (χ4v) is 2.13. The number of carboxylic acid groups (broad SMARTS) is 1. The fourth-order valence-electron chi connectivity index (χ4n) is 2.13. The van der Waals surface area contributed by atoms with Crippen molar-refractivity contribution in [2.24, 2.45) is 17.8 Å². The summed E-state index contributed by atoms with van der Waals surface area (Å²) in [6, 6.07) is 0. The Hall–Kier alpha value is -0.570. The molecule has 3 unspecified atom stereocenters.